The van der Waals surface area contributed by atoms with Gasteiger partial charge in [-0.25, -0.2) is 0 Å². The van der Waals surface area contributed by atoms with Crippen molar-refractivity contribution in [1.82, 2.24) is 5.32 Å². The van der Waals surface area contributed by atoms with Crippen LogP contribution in [-0.2, 0) is 0 Å². The van der Waals surface area contributed by atoms with Gasteiger partial charge in [0.1, 0.15) is 0 Å². The summed E-state index contributed by atoms with van der Waals surface area (Å²) in [7, 11) is 3.34. The lowest BCUT2D eigenvalue weighted by Gasteiger charge is -2.36. The molecule has 2 atom stereocenters. The van der Waals surface area contributed by atoms with Crippen LogP contribution in [0.2, 0.25) is 0 Å². The average Bonchev–Trinajstić information content (AvgIpc) is 2.25. The third-order valence-corrected chi connectivity index (χ3v) is 3.22. The molecule has 0 bridgehead atoms. The van der Waals surface area contributed by atoms with Gasteiger partial charge in [0.2, 0.25) is 0 Å². The van der Waals surface area contributed by atoms with E-state index in [9.17, 15) is 0 Å². The lowest BCUT2D eigenvalue weighted by atomic mass is 9.89. The molecule has 1 saturated heterocycles. The Kier molecular flexibility index (Phi) is 3.06. The molecule has 3 heteroatoms. The third-order valence-electron chi connectivity index (χ3n) is 3.22. The molecule has 2 unspecified atom stereocenters. The zero-order chi connectivity index (χ0) is 11.7. The summed E-state index contributed by atoms with van der Waals surface area (Å²) >= 11 is 0. The Morgan fingerprint density at radius 3 is 2.25 bits per heavy atom. The molecule has 2 rings (SSSR count). The molecule has 0 aromatic heterocycles. The van der Waals surface area contributed by atoms with Crippen LogP contribution in [0, 0.1) is 6.92 Å². The number of hydrogen-bond donors (Lipinski definition) is 1. The second-order valence-corrected chi connectivity index (χ2v) is 4.42. The summed E-state index contributed by atoms with van der Waals surface area (Å²) in [5.41, 5.74) is 2.57. The van der Waals surface area contributed by atoms with Gasteiger partial charge in [0.05, 0.1) is 14.2 Å². The average molecular weight is 221 g/mol. The highest BCUT2D eigenvalue weighted by atomic mass is 16.5. The minimum absolute atomic E-state index is 0.467. The SMILES string of the molecule is COc1cc(C)c(C2CC(C)N2)cc1OC. The smallest absolute Gasteiger partial charge is 0.161 e. The summed E-state index contributed by atoms with van der Waals surface area (Å²) in [6.07, 6.45) is 1.19. The first kappa shape index (κ1) is 11.3. The first-order chi connectivity index (χ1) is 7.65. The predicted molar refractivity (Wildman–Crippen MR) is 64.2 cm³/mol. The van der Waals surface area contributed by atoms with Crippen molar-refractivity contribution in [2.75, 3.05) is 14.2 Å². The molecule has 3 nitrogen and oxygen atoms in total. The summed E-state index contributed by atoms with van der Waals surface area (Å²) in [6, 6.07) is 5.21. The monoisotopic (exact) mass is 221 g/mol. The van der Waals surface area contributed by atoms with E-state index in [4.69, 9.17) is 9.47 Å². The van der Waals surface area contributed by atoms with E-state index in [-0.39, 0.29) is 0 Å². The number of rotatable bonds is 3. The molecule has 0 radical (unpaired) electrons. The van der Waals surface area contributed by atoms with Gasteiger partial charge in [-0.15, -0.1) is 0 Å². The maximum Gasteiger partial charge on any atom is 0.161 e. The molecule has 1 N–H and O–H groups in total. The molecule has 0 spiro atoms. The molecule has 1 aromatic carbocycles. The highest BCUT2D eigenvalue weighted by molar-refractivity contribution is 5.48. The number of benzene rings is 1. The van der Waals surface area contributed by atoms with Crippen molar-refractivity contribution in [3.05, 3.63) is 23.3 Å². The maximum absolute atomic E-state index is 5.32. The fraction of sp³-hybridized carbons (Fsp3) is 0.538. The minimum atomic E-state index is 0.467. The van der Waals surface area contributed by atoms with Gasteiger partial charge in [-0.05, 0) is 43.5 Å². The molecule has 1 aliphatic rings. The van der Waals surface area contributed by atoms with Crippen LogP contribution in [0.15, 0.2) is 12.1 Å². The zero-order valence-corrected chi connectivity index (χ0v) is 10.3. The highest BCUT2D eigenvalue weighted by Crippen LogP contribution is 2.36. The van der Waals surface area contributed by atoms with Gasteiger partial charge in [-0.3, -0.25) is 0 Å². The van der Waals surface area contributed by atoms with Crippen LogP contribution in [0.3, 0.4) is 0 Å². The molecule has 1 aliphatic heterocycles. The Balaban J connectivity index is 2.31. The molecule has 0 aliphatic carbocycles. The van der Waals surface area contributed by atoms with Crippen LogP contribution in [0.1, 0.15) is 30.5 Å². The van der Waals surface area contributed by atoms with Gasteiger partial charge in [-0.2, -0.15) is 0 Å². The molecule has 1 aromatic rings. The fourth-order valence-corrected chi connectivity index (χ4v) is 2.26. The maximum atomic E-state index is 5.32. The molecule has 1 heterocycles. The molecule has 0 amide bonds. The normalized spacial score (nSPS) is 23.8. The van der Waals surface area contributed by atoms with Gasteiger partial charge in [0.25, 0.3) is 0 Å². The van der Waals surface area contributed by atoms with E-state index >= 15 is 0 Å². The summed E-state index contributed by atoms with van der Waals surface area (Å²) in [6.45, 7) is 4.31. The summed E-state index contributed by atoms with van der Waals surface area (Å²) < 4.78 is 10.6. The van der Waals surface area contributed by atoms with Crippen molar-refractivity contribution >= 4 is 0 Å². The Bertz CT molecular complexity index is 384. The Hall–Kier alpha value is -1.22. The van der Waals surface area contributed by atoms with E-state index in [0.29, 0.717) is 12.1 Å². The van der Waals surface area contributed by atoms with Gasteiger partial charge in [0.15, 0.2) is 11.5 Å². The largest absolute Gasteiger partial charge is 0.493 e. The van der Waals surface area contributed by atoms with Crippen LogP contribution in [0.5, 0.6) is 11.5 Å². The zero-order valence-electron chi connectivity index (χ0n) is 10.3. The molecule has 16 heavy (non-hydrogen) atoms. The lowest BCUT2D eigenvalue weighted by Crippen LogP contribution is -2.43. The Morgan fingerprint density at radius 1 is 1.19 bits per heavy atom. The summed E-state index contributed by atoms with van der Waals surface area (Å²) in [4.78, 5) is 0. The topological polar surface area (TPSA) is 30.5 Å². The molecule has 1 fully saturated rings. The number of methoxy groups -OCH3 is 2. The standard InChI is InChI=1S/C13H19NO2/c1-8-5-12(15-3)13(16-4)7-10(8)11-6-9(2)14-11/h5,7,9,11,14H,6H2,1-4H3. The third kappa shape index (κ3) is 1.87. The summed E-state index contributed by atoms with van der Waals surface area (Å²) in [5, 5.41) is 3.49. The first-order valence-corrected chi connectivity index (χ1v) is 5.64. The molecule has 0 saturated carbocycles. The van der Waals surface area contributed by atoms with Gasteiger partial charge < -0.3 is 14.8 Å². The van der Waals surface area contributed by atoms with Crippen LogP contribution in [-0.4, -0.2) is 20.3 Å². The van der Waals surface area contributed by atoms with E-state index < -0.39 is 0 Å². The highest BCUT2D eigenvalue weighted by Gasteiger charge is 2.27. The molecule has 88 valence electrons. The minimum Gasteiger partial charge on any atom is -0.493 e. The van der Waals surface area contributed by atoms with Gasteiger partial charge >= 0.3 is 0 Å². The van der Waals surface area contributed by atoms with Crippen molar-refractivity contribution in [2.24, 2.45) is 0 Å². The van der Waals surface area contributed by atoms with Crippen molar-refractivity contribution in [1.29, 1.82) is 0 Å². The van der Waals surface area contributed by atoms with E-state index in [1.165, 1.54) is 17.5 Å². The van der Waals surface area contributed by atoms with E-state index in [0.717, 1.165) is 11.5 Å². The predicted octanol–water partition coefficient (Wildman–Crippen LogP) is 2.44. The van der Waals surface area contributed by atoms with E-state index in [2.05, 4.69) is 25.2 Å². The number of nitrogens with one attached hydrogen (secondary N) is 1. The number of aryl methyl sites for hydroxylation is 1. The first-order valence-electron chi connectivity index (χ1n) is 5.64. The van der Waals surface area contributed by atoms with E-state index in [1.54, 1.807) is 14.2 Å². The van der Waals surface area contributed by atoms with Crippen LogP contribution >= 0.6 is 0 Å². The van der Waals surface area contributed by atoms with Crippen LogP contribution < -0.4 is 14.8 Å². The number of ether oxygens (including phenoxy) is 2. The van der Waals surface area contributed by atoms with Crippen molar-refractivity contribution in [2.45, 2.75) is 32.4 Å². The second-order valence-electron chi connectivity index (χ2n) is 4.42. The van der Waals surface area contributed by atoms with Crippen molar-refractivity contribution in [3.8, 4) is 11.5 Å². The van der Waals surface area contributed by atoms with E-state index in [1.807, 2.05) is 6.07 Å². The molecular formula is C13H19NO2. The summed E-state index contributed by atoms with van der Waals surface area (Å²) in [5.74, 6) is 1.61. The fourth-order valence-electron chi connectivity index (χ4n) is 2.26. The Morgan fingerprint density at radius 2 is 1.75 bits per heavy atom. The van der Waals surface area contributed by atoms with Crippen LogP contribution in [0.25, 0.3) is 0 Å². The molecular weight excluding hydrogens is 202 g/mol. The van der Waals surface area contributed by atoms with Crippen molar-refractivity contribution in [3.63, 3.8) is 0 Å². The lowest BCUT2D eigenvalue weighted by molar-refractivity contribution is 0.285. The Labute approximate surface area is 96.8 Å². The van der Waals surface area contributed by atoms with Crippen LogP contribution in [0.4, 0.5) is 0 Å². The van der Waals surface area contributed by atoms with Gasteiger partial charge in [0, 0.05) is 12.1 Å². The second kappa shape index (κ2) is 4.34. The van der Waals surface area contributed by atoms with Crippen molar-refractivity contribution < 1.29 is 9.47 Å². The quantitative estimate of drug-likeness (QED) is 0.850. The number of hydrogen-bond acceptors (Lipinski definition) is 3. The van der Waals surface area contributed by atoms with Gasteiger partial charge in [-0.1, -0.05) is 0 Å².